The van der Waals surface area contributed by atoms with Crippen LogP contribution in [0.1, 0.15) is 70.7 Å². The first-order valence-corrected chi connectivity index (χ1v) is 10.9. The Balaban J connectivity index is 1.59. The van der Waals surface area contributed by atoms with Gasteiger partial charge in [0.15, 0.2) is 0 Å². The number of rotatable bonds is 4. The van der Waals surface area contributed by atoms with Gasteiger partial charge in [0.05, 0.1) is 6.04 Å². The van der Waals surface area contributed by atoms with Crippen LogP contribution in [0, 0.1) is 11.8 Å². The fraction of sp³-hybridized carbons (Fsp3) is 0.625. The first-order chi connectivity index (χ1) is 13.4. The van der Waals surface area contributed by atoms with Crippen molar-refractivity contribution in [2.75, 3.05) is 13.1 Å². The summed E-state index contributed by atoms with van der Waals surface area (Å²) in [5, 5.41) is 1.38. The Morgan fingerprint density at radius 3 is 2.82 bits per heavy atom. The zero-order valence-electron chi connectivity index (χ0n) is 17.8. The molecule has 2 aliphatic rings. The number of para-hydroxylation sites is 1. The number of H-pyrrole nitrogens is 1. The second kappa shape index (κ2) is 7.55. The fourth-order valence-electron chi connectivity index (χ4n) is 5.29. The van der Waals surface area contributed by atoms with E-state index < -0.39 is 5.60 Å². The Kier molecular flexibility index (Phi) is 5.26. The molecular formula is C24H34N2O2. The van der Waals surface area contributed by atoms with E-state index in [1.165, 1.54) is 41.5 Å². The van der Waals surface area contributed by atoms with Gasteiger partial charge in [0.2, 0.25) is 0 Å². The Morgan fingerprint density at radius 1 is 1.29 bits per heavy atom. The molecule has 1 saturated heterocycles. The molecule has 152 valence electrons. The molecule has 0 radical (unpaired) electrons. The lowest BCUT2D eigenvalue weighted by Gasteiger charge is -2.47. The SMILES string of the molecule is CC[C@H]1C[C@H](CCC(=O)OC(C)(C)C)[C@@H]2c3[nH]c4ccccc4c3CCN2C1. The van der Waals surface area contributed by atoms with E-state index in [4.69, 9.17) is 4.74 Å². The highest BCUT2D eigenvalue weighted by atomic mass is 16.6. The minimum atomic E-state index is -0.406. The molecule has 1 aromatic heterocycles. The molecule has 0 spiro atoms. The molecule has 3 heterocycles. The number of hydrogen-bond donors (Lipinski definition) is 1. The lowest BCUT2D eigenvalue weighted by atomic mass is 9.76. The fourth-order valence-corrected chi connectivity index (χ4v) is 5.29. The van der Waals surface area contributed by atoms with Crippen molar-refractivity contribution < 1.29 is 9.53 Å². The topological polar surface area (TPSA) is 45.3 Å². The Morgan fingerprint density at radius 2 is 2.07 bits per heavy atom. The number of carbonyl (C=O) groups excluding carboxylic acids is 1. The van der Waals surface area contributed by atoms with Crippen molar-refractivity contribution in [3.63, 3.8) is 0 Å². The largest absolute Gasteiger partial charge is 0.460 e. The van der Waals surface area contributed by atoms with Crippen LogP contribution in [0.25, 0.3) is 10.9 Å². The van der Waals surface area contributed by atoms with Gasteiger partial charge in [-0.1, -0.05) is 31.5 Å². The maximum atomic E-state index is 12.4. The zero-order valence-corrected chi connectivity index (χ0v) is 17.8. The van der Waals surface area contributed by atoms with Crippen molar-refractivity contribution in [2.45, 2.75) is 71.4 Å². The first-order valence-electron chi connectivity index (χ1n) is 10.9. The van der Waals surface area contributed by atoms with Crippen LogP contribution >= 0.6 is 0 Å². The summed E-state index contributed by atoms with van der Waals surface area (Å²) in [5.74, 6) is 1.16. The summed E-state index contributed by atoms with van der Waals surface area (Å²) in [6.07, 6.45) is 4.95. The van der Waals surface area contributed by atoms with Gasteiger partial charge in [-0.15, -0.1) is 0 Å². The van der Waals surface area contributed by atoms with Gasteiger partial charge in [-0.2, -0.15) is 0 Å². The van der Waals surface area contributed by atoms with Crippen LogP contribution < -0.4 is 0 Å². The number of nitrogens with zero attached hydrogens (tertiary/aromatic N) is 1. The lowest BCUT2D eigenvalue weighted by Crippen LogP contribution is -2.46. The van der Waals surface area contributed by atoms with Gasteiger partial charge in [-0.25, -0.2) is 0 Å². The van der Waals surface area contributed by atoms with Crippen LogP contribution in [0.4, 0.5) is 0 Å². The van der Waals surface area contributed by atoms with Crippen LogP contribution in [0.15, 0.2) is 24.3 Å². The van der Waals surface area contributed by atoms with Crippen LogP contribution in [0.3, 0.4) is 0 Å². The number of fused-ring (bicyclic) bond motifs is 5. The number of esters is 1. The molecule has 4 heteroatoms. The Bertz CT molecular complexity index is 848. The number of nitrogens with one attached hydrogen (secondary N) is 1. The smallest absolute Gasteiger partial charge is 0.306 e. The summed E-state index contributed by atoms with van der Waals surface area (Å²) in [4.78, 5) is 18.8. The van der Waals surface area contributed by atoms with Crippen LogP contribution in [-0.2, 0) is 16.0 Å². The van der Waals surface area contributed by atoms with Gasteiger partial charge in [-0.05, 0) is 63.5 Å². The standard InChI is InChI=1S/C24H34N2O2/c1-5-16-14-17(10-11-21(27)28-24(2,3)4)23-22-19(12-13-26(23)15-16)18-8-6-7-9-20(18)25-22/h6-9,16-17,23,25H,5,10-15H2,1-4H3/t16-,17-,23+/m0/s1. The second-order valence-electron chi connectivity index (χ2n) is 9.65. The third-order valence-electron chi connectivity index (χ3n) is 6.48. The number of hydrogen-bond acceptors (Lipinski definition) is 3. The van der Waals surface area contributed by atoms with Crippen molar-refractivity contribution in [3.05, 3.63) is 35.5 Å². The Hall–Kier alpha value is -1.81. The predicted molar refractivity (Wildman–Crippen MR) is 113 cm³/mol. The monoisotopic (exact) mass is 382 g/mol. The number of aromatic amines is 1. The highest BCUT2D eigenvalue weighted by Gasteiger charge is 2.41. The summed E-state index contributed by atoms with van der Waals surface area (Å²) >= 11 is 0. The molecule has 2 aliphatic heterocycles. The van der Waals surface area contributed by atoms with Crippen molar-refractivity contribution in [2.24, 2.45) is 11.8 Å². The molecule has 0 aliphatic carbocycles. The summed E-state index contributed by atoms with van der Waals surface area (Å²) in [6.45, 7) is 10.4. The third kappa shape index (κ3) is 3.84. The summed E-state index contributed by atoms with van der Waals surface area (Å²) < 4.78 is 5.58. The van der Waals surface area contributed by atoms with E-state index >= 15 is 0 Å². The van der Waals surface area contributed by atoms with Crippen molar-refractivity contribution in [1.82, 2.24) is 9.88 Å². The van der Waals surface area contributed by atoms with Gasteiger partial charge in [0.25, 0.3) is 0 Å². The first kappa shape index (κ1) is 19.5. The second-order valence-corrected chi connectivity index (χ2v) is 9.65. The van der Waals surface area contributed by atoms with Gasteiger partial charge in [0, 0.05) is 36.1 Å². The van der Waals surface area contributed by atoms with E-state index in [9.17, 15) is 4.79 Å². The van der Waals surface area contributed by atoms with E-state index in [0.717, 1.165) is 25.3 Å². The third-order valence-corrected chi connectivity index (χ3v) is 6.48. The lowest BCUT2D eigenvalue weighted by molar-refractivity contribution is -0.155. The van der Waals surface area contributed by atoms with E-state index in [-0.39, 0.29) is 5.97 Å². The molecule has 1 fully saturated rings. The Labute approximate surface area is 168 Å². The molecular weight excluding hydrogens is 348 g/mol. The minimum Gasteiger partial charge on any atom is -0.460 e. The molecule has 1 aromatic carbocycles. The molecule has 0 saturated carbocycles. The molecule has 0 amide bonds. The maximum Gasteiger partial charge on any atom is 0.306 e. The molecule has 4 nitrogen and oxygen atoms in total. The number of ether oxygens (including phenoxy) is 1. The molecule has 0 unspecified atom stereocenters. The van der Waals surface area contributed by atoms with Crippen LogP contribution in [-0.4, -0.2) is 34.5 Å². The van der Waals surface area contributed by atoms with Gasteiger partial charge in [0.1, 0.15) is 5.60 Å². The van der Waals surface area contributed by atoms with E-state index in [2.05, 4.69) is 41.1 Å². The summed E-state index contributed by atoms with van der Waals surface area (Å²) in [6, 6.07) is 9.08. The van der Waals surface area contributed by atoms with Gasteiger partial charge < -0.3 is 9.72 Å². The summed E-state index contributed by atoms with van der Waals surface area (Å²) in [5.41, 5.74) is 3.74. The average molecular weight is 383 g/mol. The molecule has 4 rings (SSSR count). The number of benzene rings is 1. The van der Waals surface area contributed by atoms with Crippen molar-refractivity contribution >= 4 is 16.9 Å². The molecule has 28 heavy (non-hydrogen) atoms. The van der Waals surface area contributed by atoms with E-state index in [0.29, 0.717) is 18.4 Å². The van der Waals surface area contributed by atoms with E-state index in [1.807, 2.05) is 20.8 Å². The molecule has 1 N–H and O–H groups in total. The zero-order chi connectivity index (χ0) is 19.9. The highest BCUT2D eigenvalue weighted by molar-refractivity contribution is 5.85. The van der Waals surface area contributed by atoms with Crippen LogP contribution in [0.5, 0.6) is 0 Å². The van der Waals surface area contributed by atoms with Gasteiger partial charge in [-0.3, -0.25) is 9.69 Å². The summed E-state index contributed by atoms with van der Waals surface area (Å²) in [7, 11) is 0. The number of piperidine rings is 1. The van der Waals surface area contributed by atoms with E-state index in [1.54, 1.807) is 0 Å². The average Bonchev–Trinajstić information content (AvgIpc) is 3.03. The highest BCUT2D eigenvalue weighted by Crippen LogP contribution is 2.46. The maximum absolute atomic E-state index is 12.4. The quantitative estimate of drug-likeness (QED) is 0.736. The molecule has 2 aromatic rings. The minimum absolute atomic E-state index is 0.0645. The van der Waals surface area contributed by atoms with Gasteiger partial charge >= 0.3 is 5.97 Å². The molecule has 0 bridgehead atoms. The van der Waals surface area contributed by atoms with Crippen molar-refractivity contribution in [3.8, 4) is 0 Å². The number of carbonyl (C=O) groups is 1. The predicted octanol–water partition coefficient (Wildman–Crippen LogP) is 5.24. The van der Waals surface area contributed by atoms with Crippen molar-refractivity contribution in [1.29, 1.82) is 0 Å². The van der Waals surface area contributed by atoms with Crippen LogP contribution in [0.2, 0.25) is 0 Å². The molecule has 3 atom stereocenters. The number of aromatic nitrogens is 1. The normalized spacial score (nSPS) is 25.4.